The van der Waals surface area contributed by atoms with Crippen molar-refractivity contribution in [2.24, 2.45) is 0 Å². The van der Waals surface area contributed by atoms with E-state index in [0.717, 1.165) is 37.0 Å². The van der Waals surface area contributed by atoms with Crippen LogP contribution in [0, 0.1) is 0 Å². The van der Waals surface area contributed by atoms with Gasteiger partial charge in [0.05, 0.1) is 5.25 Å². The van der Waals surface area contributed by atoms with Crippen LogP contribution in [0.2, 0.25) is 0 Å². The summed E-state index contributed by atoms with van der Waals surface area (Å²) >= 11 is 0. The van der Waals surface area contributed by atoms with Crippen molar-refractivity contribution in [2.45, 2.75) is 135 Å². The normalized spacial score (nSPS) is 12.4. The molecule has 0 heterocycles. The number of benzene rings is 1. The topological polar surface area (TPSA) is 66.4 Å². The Hall–Kier alpha value is -0.0700. The van der Waals surface area contributed by atoms with Crippen LogP contribution in [0.3, 0.4) is 0 Å². The van der Waals surface area contributed by atoms with Gasteiger partial charge in [-0.15, -0.1) is 0 Å². The first kappa shape index (κ1) is 33.9. The minimum atomic E-state index is -4.34. The van der Waals surface area contributed by atoms with Crippen LogP contribution in [0.25, 0.3) is 0 Å². The van der Waals surface area contributed by atoms with E-state index in [1.165, 1.54) is 82.6 Å². The van der Waals surface area contributed by atoms with Gasteiger partial charge in [-0.2, -0.15) is 0 Å². The zero-order valence-electron chi connectivity index (χ0n) is 22.6. The number of rotatable bonds is 21. The number of hydrogen-bond donors (Lipinski definition) is 0. The molecule has 0 saturated carbocycles. The van der Waals surface area contributed by atoms with Crippen molar-refractivity contribution in [1.82, 2.24) is 0 Å². The minimum absolute atomic E-state index is 0. The molecule has 0 saturated heterocycles. The molecular formula is C28H49NaO4S. The Morgan fingerprint density at radius 1 is 0.765 bits per heavy atom. The van der Waals surface area contributed by atoms with E-state index in [-0.39, 0.29) is 42.6 Å². The Morgan fingerprint density at radius 2 is 1.26 bits per heavy atom. The van der Waals surface area contributed by atoms with Crippen molar-refractivity contribution in [3.63, 3.8) is 0 Å². The molecule has 0 aliphatic carbocycles. The number of ether oxygens (including phenoxy) is 1. The molecule has 1 atom stereocenters. The molecule has 6 heteroatoms. The van der Waals surface area contributed by atoms with Crippen molar-refractivity contribution >= 4 is 10.1 Å². The van der Waals surface area contributed by atoms with E-state index < -0.39 is 15.4 Å². The summed E-state index contributed by atoms with van der Waals surface area (Å²) in [5, 5.41) is -0.990. The Morgan fingerprint density at radius 3 is 1.76 bits per heavy atom. The van der Waals surface area contributed by atoms with Gasteiger partial charge in [0.25, 0.3) is 0 Å². The maximum atomic E-state index is 11.5. The molecule has 34 heavy (non-hydrogen) atoms. The van der Waals surface area contributed by atoms with E-state index >= 15 is 0 Å². The van der Waals surface area contributed by atoms with Gasteiger partial charge in [-0.05, 0) is 49.3 Å². The van der Waals surface area contributed by atoms with Crippen LogP contribution in [0.15, 0.2) is 18.2 Å². The van der Waals surface area contributed by atoms with Gasteiger partial charge in [0.2, 0.25) is 0 Å². The van der Waals surface area contributed by atoms with Crippen molar-refractivity contribution < 1.29 is 47.3 Å². The van der Waals surface area contributed by atoms with Crippen LogP contribution < -0.4 is 34.3 Å². The molecule has 0 N–H and O–H groups in total. The second-order valence-corrected chi connectivity index (χ2v) is 11.2. The van der Waals surface area contributed by atoms with Crippen LogP contribution in [0.5, 0.6) is 5.75 Å². The van der Waals surface area contributed by atoms with E-state index in [0.29, 0.717) is 0 Å². The molecule has 0 aliphatic rings. The van der Waals surface area contributed by atoms with Gasteiger partial charge in [-0.25, -0.2) is 8.42 Å². The molecule has 1 aromatic rings. The van der Waals surface area contributed by atoms with Crippen LogP contribution in [-0.2, 0) is 23.0 Å². The molecular weight excluding hydrogens is 455 g/mol. The first-order valence-corrected chi connectivity index (χ1v) is 15.1. The molecule has 0 bridgehead atoms. The third-order valence-electron chi connectivity index (χ3n) is 6.54. The summed E-state index contributed by atoms with van der Waals surface area (Å²) in [6.45, 7) is 6.14. The Labute approximate surface area is 233 Å². The molecule has 0 radical (unpaired) electrons. The summed E-state index contributed by atoms with van der Waals surface area (Å²) < 4.78 is 40.4. The van der Waals surface area contributed by atoms with Gasteiger partial charge in [0, 0.05) is 0 Å². The number of hydrogen-bond acceptors (Lipinski definition) is 4. The molecule has 0 amide bonds. The van der Waals surface area contributed by atoms with Gasteiger partial charge in [-0.1, -0.05) is 110 Å². The summed E-state index contributed by atoms with van der Waals surface area (Å²) in [5.74, 6) is 0.767. The van der Waals surface area contributed by atoms with Crippen molar-refractivity contribution in [3.05, 3.63) is 29.3 Å². The predicted octanol–water partition coefficient (Wildman–Crippen LogP) is 4.98. The van der Waals surface area contributed by atoms with E-state index in [1.54, 1.807) is 6.92 Å². The van der Waals surface area contributed by atoms with E-state index in [1.807, 2.05) is 0 Å². The van der Waals surface area contributed by atoms with Crippen molar-refractivity contribution in [3.8, 4) is 5.75 Å². The quantitative estimate of drug-likeness (QED) is 0.135. The van der Waals surface area contributed by atoms with Crippen molar-refractivity contribution in [2.75, 3.05) is 6.61 Å². The molecule has 0 aromatic heterocycles. The van der Waals surface area contributed by atoms with Crippen LogP contribution >= 0.6 is 0 Å². The standard InChI is InChI=1S/C28H50O4S.Na/c1-4-7-9-11-13-15-17-19-25-21-22-26(20-18-16-14-12-10-8-5-2)28(23-25)32-24-27(6-3)33(29,30)31;/h21-23,27H,4-20,24H2,1-3H3,(H,29,30,31);/q;+1/p-1. The molecule has 1 aromatic carbocycles. The minimum Gasteiger partial charge on any atom is -0.748 e. The smallest absolute Gasteiger partial charge is 0.748 e. The molecule has 0 spiro atoms. The fourth-order valence-corrected chi connectivity index (χ4v) is 4.89. The van der Waals surface area contributed by atoms with Gasteiger partial charge >= 0.3 is 29.6 Å². The maximum absolute atomic E-state index is 11.5. The summed E-state index contributed by atoms with van der Waals surface area (Å²) in [6, 6.07) is 6.43. The first-order chi connectivity index (χ1) is 15.9. The average Bonchev–Trinajstić information content (AvgIpc) is 2.78. The van der Waals surface area contributed by atoms with Gasteiger partial charge in [0.15, 0.2) is 0 Å². The fourth-order valence-electron chi connectivity index (χ4n) is 4.24. The third-order valence-corrected chi connectivity index (χ3v) is 7.82. The van der Waals surface area contributed by atoms with E-state index in [2.05, 4.69) is 32.0 Å². The van der Waals surface area contributed by atoms with Crippen LogP contribution in [0.1, 0.15) is 128 Å². The zero-order chi connectivity index (χ0) is 24.4. The maximum Gasteiger partial charge on any atom is 1.00 e. The molecule has 0 aliphatic heterocycles. The molecule has 4 nitrogen and oxygen atoms in total. The monoisotopic (exact) mass is 504 g/mol. The largest absolute Gasteiger partial charge is 1.00 e. The number of unbranched alkanes of at least 4 members (excludes halogenated alkanes) is 12. The SMILES string of the molecule is CCCCCCCCCc1ccc(CCCCCCCCC)c(OCC(CC)S(=O)(=O)[O-])c1.[Na+]. The molecule has 0 fully saturated rings. The molecule has 1 unspecified atom stereocenters. The van der Waals surface area contributed by atoms with Crippen molar-refractivity contribution in [1.29, 1.82) is 0 Å². The van der Waals surface area contributed by atoms with Gasteiger partial charge in [-0.3, -0.25) is 0 Å². The second-order valence-electron chi connectivity index (χ2n) is 9.52. The number of aryl methyl sites for hydroxylation is 2. The summed E-state index contributed by atoms with van der Waals surface area (Å²) in [7, 11) is -4.34. The van der Waals surface area contributed by atoms with E-state index in [4.69, 9.17) is 4.74 Å². The molecule has 192 valence electrons. The second kappa shape index (κ2) is 21.1. The Kier molecular flexibility index (Phi) is 21.0. The summed E-state index contributed by atoms with van der Waals surface area (Å²) in [6.07, 6.45) is 20.0. The zero-order valence-corrected chi connectivity index (χ0v) is 25.4. The summed E-state index contributed by atoms with van der Waals surface area (Å²) in [5.41, 5.74) is 2.37. The Bertz CT molecular complexity index is 721. The Balaban J connectivity index is 0.0000109. The average molecular weight is 505 g/mol. The van der Waals surface area contributed by atoms with Crippen LogP contribution in [-0.4, -0.2) is 24.8 Å². The fraction of sp³-hybridized carbons (Fsp3) is 0.786. The summed E-state index contributed by atoms with van der Waals surface area (Å²) in [4.78, 5) is 0. The van der Waals surface area contributed by atoms with Gasteiger partial charge < -0.3 is 9.29 Å². The van der Waals surface area contributed by atoms with Gasteiger partial charge in [0.1, 0.15) is 22.5 Å². The van der Waals surface area contributed by atoms with Crippen LogP contribution in [0.4, 0.5) is 0 Å². The predicted molar refractivity (Wildman–Crippen MR) is 139 cm³/mol. The molecule has 1 rings (SSSR count). The van der Waals surface area contributed by atoms with E-state index in [9.17, 15) is 13.0 Å². The first-order valence-electron chi connectivity index (χ1n) is 13.6. The third kappa shape index (κ3) is 15.8.